The molecule has 1 aromatic carbocycles. The summed E-state index contributed by atoms with van der Waals surface area (Å²) in [6, 6.07) is 6.24. The molecular weight excluding hydrogens is 222 g/mol. The highest BCUT2D eigenvalue weighted by Crippen LogP contribution is 2.24. The number of nitrogens with zero attached hydrogens (tertiary/aromatic N) is 2. The molecule has 0 saturated heterocycles. The number of hydrogen-bond acceptors (Lipinski definition) is 3. The first-order valence-electron chi connectivity index (χ1n) is 6.27. The maximum Gasteiger partial charge on any atom is 0.161 e. The lowest BCUT2D eigenvalue weighted by atomic mass is 10.0. The lowest BCUT2D eigenvalue weighted by molar-refractivity contribution is 1.11. The fraction of sp³-hybridized carbons (Fsp3) is 0.333. The zero-order valence-electron chi connectivity index (χ0n) is 11.4. The zero-order valence-corrected chi connectivity index (χ0v) is 11.4. The van der Waals surface area contributed by atoms with E-state index in [9.17, 15) is 0 Å². The van der Waals surface area contributed by atoms with Gasteiger partial charge in [0.2, 0.25) is 0 Å². The molecule has 0 spiro atoms. The molecule has 0 saturated carbocycles. The molecule has 1 heterocycles. The summed E-state index contributed by atoms with van der Waals surface area (Å²) < 4.78 is 0. The van der Waals surface area contributed by atoms with Crippen LogP contribution in [0.5, 0.6) is 0 Å². The topological polar surface area (TPSA) is 37.8 Å². The zero-order chi connectivity index (χ0) is 13.1. The normalized spacial score (nSPS) is 10.4. The van der Waals surface area contributed by atoms with Crippen LogP contribution < -0.4 is 5.32 Å². The summed E-state index contributed by atoms with van der Waals surface area (Å²) in [6.45, 7) is 9.27. The van der Waals surface area contributed by atoms with Crippen molar-refractivity contribution in [2.24, 2.45) is 0 Å². The van der Waals surface area contributed by atoms with Gasteiger partial charge in [0, 0.05) is 18.3 Å². The van der Waals surface area contributed by atoms with Crippen molar-refractivity contribution in [2.75, 3.05) is 11.9 Å². The van der Waals surface area contributed by atoms with E-state index in [1.807, 2.05) is 6.07 Å². The van der Waals surface area contributed by atoms with Crippen molar-refractivity contribution >= 4 is 5.82 Å². The van der Waals surface area contributed by atoms with Crippen molar-refractivity contribution in [3.63, 3.8) is 0 Å². The average molecular weight is 241 g/mol. The van der Waals surface area contributed by atoms with E-state index in [0.29, 0.717) is 0 Å². The van der Waals surface area contributed by atoms with Gasteiger partial charge in [-0.25, -0.2) is 9.97 Å². The van der Waals surface area contributed by atoms with Gasteiger partial charge in [0.15, 0.2) is 5.82 Å². The Kier molecular flexibility index (Phi) is 3.60. The van der Waals surface area contributed by atoms with Crippen LogP contribution in [0.2, 0.25) is 0 Å². The van der Waals surface area contributed by atoms with Crippen molar-refractivity contribution in [3.05, 3.63) is 41.1 Å². The Hall–Kier alpha value is -1.90. The minimum Gasteiger partial charge on any atom is -0.370 e. The molecular formula is C15H19N3. The minimum atomic E-state index is 0.786. The summed E-state index contributed by atoms with van der Waals surface area (Å²) in [5.41, 5.74) is 4.90. The number of aromatic nitrogens is 2. The smallest absolute Gasteiger partial charge is 0.161 e. The summed E-state index contributed by atoms with van der Waals surface area (Å²) in [4.78, 5) is 8.91. The van der Waals surface area contributed by atoms with E-state index in [0.717, 1.165) is 23.8 Å². The molecule has 0 fully saturated rings. The van der Waals surface area contributed by atoms with Crippen molar-refractivity contribution in [3.8, 4) is 11.4 Å². The highest BCUT2D eigenvalue weighted by molar-refractivity contribution is 5.63. The second kappa shape index (κ2) is 5.17. The van der Waals surface area contributed by atoms with Gasteiger partial charge in [0.25, 0.3) is 0 Å². The molecule has 1 aromatic heterocycles. The number of benzene rings is 1. The third kappa shape index (κ3) is 2.50. The van der Waals surface area contributed by atoms with Crippen LogP contribution in [-0.2, 0) is 0 Å². The molecule has 94 valence electrons. The number of aryl methyl sites for hydroxylation is 3. The van der Waals surface area contributed by atoms with Gasteiger partial charge < -0.3 is 5.32 Å². The predicted molar refractivity (Wildman–Crippen MR) is 75.8 cm³/mol. The van der Waals surface area contributed by atoms with Crippen molar-refractivity contribution < 1.29 is 0 Å². The summed E-state index contributed by atoms with van der Waals surface area (Å²) in [7, 11) is 0. The van der Waals surface area contributed by atoms with Gasteiger partial charge in [-0.2, -0.15) is 0 Å². The second-order valence-electron chi connectivity index (χ2n) is 4.55. The van der Waals surface area contributed by atoms with Gasteiger partial charge >= 0.3 is 0 Å². The van der Waals surface area contributed by atoms with E-state index in [2.05, 4.69) is 55.1 Å². The molecule has 0 atom stereocenters. The first-order valence-corrected chi connectivity index (χ1v) is 6.27. The third-order valence-corrected chi connectivity index (χ3v) is 3.10. The maximum atomic E-state index is 4.54. The van der Waals surface area contributed by atoms with Gasteiger partial charge in [-0.05, 0) is 56.5 Å². The SMILES string of the molecule is CCNc1ccnc(-c2cc(C)c(C)cc2C)n1. The Bertz CT molecular complexity index is 562. The Labute approximate surface area is 108 Å². The molecule has 3 nitrogen and oxygen atoms in total. The van der Waals surface area contributed by atoms with Crippen LogP contribution in [0.3, 0.4) is 0 Å². The van der Waals surface area contributed by atoms with Gasteiger partial charge in [0.1, 0.15) is 5.82 Å². The Morgan fingerprint density at radius 2 is 1.78 bits per heavy atom. The van der Waals surface area contributed by atoms with Crippen molar-refractivity contribution in [1.82, 2.24) is 9.97 Å². The van der Waals surface area contributed by atoms with E-state index >= 15 is 0 Å². The molecule has 2 aromatic rings. The van der Waals surface area contributed by atoms with Crippen LogP contribution in [0.1, 0.15) is 23.6 Å². The van der Waals surface area contributed by atoms with E-state index in [1.54, 1.807) is 6.20 Å². The monoisotopic (exact) mass is 241 g/mol. The van der Waals surface area contributed by atoms with Gasteiger partial charge in [-0.3, -0.25) is 0 Å². The molecule has 1 N–H and O–H groups in total. The maximum absolute atomic E-state index is 4.54. The lowest BCUT2D eigenvalue weighted by Gasteiger charge is -2.10. The molecule has 0 aliphatic heterocycles. The molecule has 18 heavy (non-hydrogen) atoms. The van der Waals surface area contributed by atoms with Crippen LogP contribution in [0.25, 0.3) is 11.4 Å². The van der Waals surface area contributed by atoms with Gasteiger partial charge in [-0.15, -0.1) is 0 Å². The highest BCUT2D eigenvalue weighted by atomic mass is 15.0. The summed E-state index contributed by atoms with van der Waals surface area (Å²) in [5, 5.41) is 3.21. The van der Waals surface area contributed by atoms with Crippen molar-refractivity contribution in [1.29, 1.82) is 0 Å². The molecule has 3 heteroatoms. The standard InChI is InChI=1S/C15H19N3/c1-5-16-14-6-7-17-15(18-14)13-9-11(3)10(2)8-12(13)4/h6-9H,5H2,1-4H3,(H,16,17,18). The van der Waals surface area contributed by atoms with Crippen molar-refractivity contribution in [2.45, 2.75) is 27.7 Å². The molecule has 0 radical (unpaired) electrons. The number of nitrogens with one attached hydrogen (secondary N) is 1. The molecule has 0 bridgehead atoms. The number of rotatable bonds is 3. The minimum absolute atomic E-state index is 0.786. The molecule has 2 rings (SSSR count). The van der Waals surface area contributed by atoms with Crippen LogP contribution in [-0.4, -0.2) is 16.5 Å². The average Bonchev–Trinajstić information content (AvgIpc) is 2.34. The predicted octanol–water partition coefficient (Wildman–Crippen LogP) is 3.50. The first kappa shape index (κ1) is 12.6. The Balaban J connectivity index is 2.48. The molecule has 0 amide bonds. The van der Waals surface area contributed by atoms with Crippen LogP contribution >= 0.6 is 0 Å². The van der Waals surface area contributed by atoms with Crippen LogP contribution in [0.4, 0.5) is 5.82 Å². The Morgan fingerprint density at radius 1 is 1.06 bits per heavy atom. The second-order valence-corrected chi connectivity index (χ2v) is 4.55. The molecule has 0 unspecified atom stereocenters. The van der Waals surface area contributed by atoms with Gasteiger partial charge in [-0.1, -0.05) is 6.07 Å². The quantitative estimate of drug-likeness (QED) is 0.893. The van der Waals surface area contributed by atoms with E-state index in [4.69, 9.17) is 0 Å². The molecule has 0 aliphatic carbocycles. The van der Waals surface area contributed by atoms with E-state index in [1.165, 1.54) is 16.7 Å². The van der Waals surface area contributed by atoms with E-state index in [-0.39, 0.29) is 0 Å². The first-order chi connectivity index (χ1) is 8.61. The summed E-state index contributed by atoms with van der Waals surface area (Å²) in [6.07, 6.45) is 1.80. The molecule has 0 aliphatic rings. The summed E-state index contributed by atoms with van der Waals surface area (Å²) >= 11 is 0. The van der Waals surface area contributed by atoms with Gasteiger partial charge in [0.05, 0.1) is 0 Å². The van der Waals surface area contributed by atoms with Crippen LogP contribution in [0, 0.1) is 20.8 Å². The largest absolute Gasteiger partial charge is 0.370 e. The third-order valence-electron chi connectivity index (χ3n) is 3.10. The fourth-order valence-electron chi connectivity index (χ4n) is 1.97. The fourth-order valence-corrected chi connectivity index (χ4v) is 1.97. The van der Waals surface area contributed by atoms with Crippen LogP contribution in [0.15, 0.2) is 24.4 Å². The Morgan fingerprint density at radius 3 is 2.50 bits per heavy atom. The highest BCUT2D eigenvalue weighted by Gasteiger charge is 2.07. The van der Waals surface area contributed by atoms with E-state index < -0.39 is 0 Å². The lowest BCUT2D eigenvalue weighted by Crippen LogP contribution is -2.01. The number of anilines is 1. The summed E-state index contributed by atoms with van der Waals surface area (Å²) in [5.74, 6) is 1.66. The number of hydrogen-bond donors (Lipinski definition) is 1.